The van der Waals surface area contributed by atoms with Gasteiger partial charge in [-0.1, -0.05) is 42.6 Å². The van der Waals surface area contributed by atoms with Crippen molar-refractivity contribution in [3.8, 4) is 5.75 Å². The van der Waals surface area contributed by atoms with Crippen molar-refractivity contribution in [2.75, 3.05) is 24.5 Å². The third-order valence-electron chi connectivity index (χ3n) is 4.17. The average molecular weight is 425 g/mol. The van der Waals surface area contributed by atoms with Gasteiger partial charge in [-0.25, -0.2) is 8.42 Å². The number of hydrogen-bond donors (Lipinski definition) is 1. The highest BCUT2D eigenvalue weighted by molar-refractivity contribution is 7.92. The second kappa shape index (κ2) is 9.80. The fourth-order valence-electron chi connectivity index (χ4n) is 2.55. The summed E-state index contributed by atoms with van der Waals surface area (Å²) in [6.07, 6.45) is 1.75. The molecule has 28 heavy (non-hydrogen) atoms. The molecule has 8 heteroatoms. The van der Waals surface area contributed by atoms with Gasteiger partial charge in [0.15, 0.2) is 0 Å². The lowest BCUT2D eigenvalue weighted by Gasteiger charge is -2.24. The summed E-state index contributed by atoms with van der Waals surface area (Å²) in [5.41, 5.74) is 1.23. The summed E-state index contributed by atoms with van der Waals surface area (Å²) in [4.78, 5) is 12.5. The SMILES string of the molecule is CCCCNC(=O)CN(c1ccc(OC)c(Cl)c1)S(=O)(=O)c1ccc(C)cc1. The van der Waals surface area contributed by atoms with E-state index in [2.05, 4.69) is 5.32 Å². The lowest BCUT2D eigenvalue weighted by Crippen LogP contribution is -2.41. The quantitative estimate of drug-likeness (QED) is 0.621. The van der Waals surface area contributed by atoms with Gasteiger partial charge >= 0.3 is 0 Å². The fourth-order valence-corrected chi connectivity index (χ4v) is 4.22. The molecule has 0 unspecified atom stereocenters. The van der Waals surface area contributed by atoms with Gasteiger partial charge in [0, 0.05) is 6.54 Å². The molecule has 0 fully saturated rings. The number of unbranched alkanes of at least 4 members (excludes halogenated alkanes) is 1. The number of aryl methyl sites for hydroxylation is 1. The molecule has 0 saturated heterocycles. The number of anilines is 1. The number of carbonyl (C=O) groups is 1. The number of nitrogens with one attached hydrogen (secondary N) is 1. The molecule has 0 saturated carbocycles. The highest BCUT2D eigenvalue weighted by atomic mass is 35.5. The Bertz CT molecular complexity index is 914. The van der Waals surface area contributed by atoms with E-state index in [1.807, 2.05) is 13.8 Å². The van der Waals surface area contributed by atoms with Crippen LogP contribution in [0, 0.1) is 6.92 Å². The molecule has 1 amide bonds. The molecule has 0 aliphatic heterocycles. The summed E-state index contributed by atoms with van der Waals surface area (Å²) in [6, 6.07) is 11.1. The highest BCUT2D eigenvalue weighted by Crippen LogP contribution is 2.31. The smallest absolute Gasteiger partial charge is 0.264 e. The monoisotopic (exact) mass is 424 g/mol. The van der Waals surface area contributed by atoms with E-state index >= 15 is 0 Å². The third-order valence-corrected chi connectivity index (χ3v) is 6.26. The second-order valence-electron chi connectivity index (χ2n) is 6.35. The summed E-state index contributed by atoms with van der Waals surface area (Å²) in [5.74, 6) is 0.0431. The number of nitrogens with zero attached hydrogens (tertiary/aromatic N) is 1. The first-order chi connectivity index (χ1) is 13.3. The summed E-state index contributed by atoms with van der Waals surface area (Å²) in [6.45, 7) is 4.04. The van der Waals surface area contributed by atoms with Gasteiger partial charge in [-0.05, 0) is 43.7 Å². The Kier molecular flexibility index (Phi) is 7.71. The molecular weight excluding hydrogens is 400 g/mol. The van der Waals surface area contributed by atoms with Crippen molar-refractivity contribution < 1.29 is 17.9 Å². The molecule has 0 aromatic heterocycles. The minimum absolute atomic E-state index is 0.103. The van der Waals surface area contributed by atoms with Crippen LogP contribution in [0.1, 0.15) is 25.3 Å². The number of ether oxygens (including phenoxy) is 1. The second-order valence-corrected chi connectivity index (χ2v) is 8.62. The van der Waals surface area contributed by atoms with Crippen LogP contribution in [0.2, 0.25) is 5.02 Å². The third kappa shape index (κ3) is 5.39. The van der Waals surface area contributed by atoms with Crippen LogP contribution in [0.25, 0.3) is 0 Å². The van der Waals surface area contributed by atoms with Gasteiger partial charge in [0.05, 0.1) is 22.7 Å². The van der Waals surface area contributed by atoms with Crippen molar-refractivity contribution in [3.63, 3.8) is 0 Å². The molecule has 0 aliphatic rings. The van der Waals surface area contributed by atoms with Crippen LogP contribution in [0.15, 0.2) is 47.4 Å². The van der Waals surface area contributed by atoms with E-state index < -0.39 is 10.0 Å². The van der Waals surface area contributed by atoms with Crippen molar-refractivity contribution in [2.24, 2.45) is 0 Å². The molecule has 152 valence electrons. The van der Waals surface area contributed by atoms with Crippen molar-refractivity contribution in [2.45, 2.75) is 31.6 Å². The first-order valence-electron chi connectivity index (χ1n) is 8.99. The van der Waals surface area contributed by atoms with Gasteiger partial charge in [0.1, 0.15) is 12.3 Å². The largest absolute Gasteiger partial charge is 0.495 e. The van der Waals surface area contributed by atoms with Crippen LogP contribution >= 0.6 is 11.6 Å². The van der Waals surface area contributed by atoms with Crippen LogP contribution in [0.4, 0.5) is 5.69 Å². The molecule has 0 heterocycles. The van der Waals surface area contributed by atoms with Crippen LogP contribution in [-0.4, -0.2) is 34.5 Å². The van der Waals surface area contributed by atoms with E-state index in [9.17, 15) is 13.2 Å². The van der Waals surface area contributed by atoms with Crippen molar-refractivity contribution in [1.82, 2.24) is 5.32 Å². The molecule has 0 aliphatic carbocycles. The highest BCUT2D eigenvalue weighted by Gasteiger charge is 2.27. The van der Waals surface area contributed by atoms with Gasteiger partial charge in [0.2, 0.25) is 5.91 Å². The number of halogens is 1. The minimum Gasteiger partial charge on any atom is -0.495 e. The van der Waals surface area contributed by atoms with Crippen LogP contribution in [0.5, 0.6) is 5.75 Å². The zero-order valence-electron chi connectivity index (χ0n) is 16.2. The summed E-state index contributed by atoms with van der Waals surface area (Å²) in [7, 11) is -2.48. The number of carbonyl (C=O) groups excluding carboxylic acids is 1. The molecular formula is C20H25ClN2O4S. The van der Waals surface area contributed by atoms with Crippen molar-refractivity contribution >= 4 is 33.2 Å². The number of amides is 1. The van der Waals surface area contributed by atoms with Crippen molar-refractivity contribution in [3.05, 3.63) is 53.1 Å². The predicted octanol–water partition coefficient (Wildman–Crippen LogP) is 3.77. The fraction of sp³-hybridized carbons (Fsp3) is 0.350. The summed E-state index contributed by atoms with van der Waals surface area (Å²) in [5, 5.41) is 3.01. The Labute approximate surface area is 171 Å². The van der Waals surface area contributed by atoms with E-state index in [1.165, 1.54) is 25.3 Å². The molecule has 2 rings (SSSR count). The van der Waals surface area contributed by atoms with E-state index in [-0.39, 0.29) is 28.1 Å². The minimum atomic E-state index is -3.96. The van der Waals surface area contributed by atoms with Gasteiger partial charge in [-0.15, -0.1) is 0 Å². The topological polar surface area (TPSA) is 75.7 Å². The van der Waals surface area contributed by atoms with E-state index in [1.54, 1.807) is 24.3 Å². The number of methoxy groups -OCH3 is 1. The average Bonchev–Trinajstić information content (AvgIpc) is 2.66. The zero-order valence-corrected chi connectivity index (χ0v) is 17.8. The lowest BCUT2D eigenvalue weighted by molar-refractivity contribution is -0.119. The van der Waals surface area contributed by atoms with E-state index in [4.69, 9.17) is 16.3 Å². The molecule has 2 aromatic carbocycles. The Morgan fingerprint density at radius 3 is 2.43 bits per heavy atom. The molecule has 2 aromatic rings. The van der Waals surface area contributed by atoms with Gasteiger partial charge in [0.25, 0.3) is 10.0 Å². The maximum Gasteiger partial charge on any atom is 0.264 e. The number of rotatable bonds is 9. The molecule has 0 atom stereocenters. The number of benzene rings is 2. The molecule has 0 radical (unpaired) electrons. The zero-order chi connectivity index (χ0) is 20.7. The first kappa shape index (κ1) is 22.0. The van der Waals surface area contributed by atoms with E-state index in [0.29, 0.717) is 12.3 Å². The summed E-state index contributed by atoms with van der Waals surface area (Å²) >= 11 is 6.18. The predicted molar refractivity (Wildman–Crippen MR) is 112 cm³/mol. The molecule has 6 nitrogen and oxygen atoms in total. The van der Waals surface area contributed by atoms with Crippen LogP contribution < -0.4 is 14.4 Å². The van der Waals surface area contributed by atoms with Crippen LogP contribution in [0.3, 0.4) is 0 Å². The molecule has 1 N–H and O–H groups in total. The van der Waals surface area contributed by atoms with Crippen molar-refractivity contribution in [1.29, 1.82) is 0 Å². The van der Waals surface area contributed by atoms with E-state index in [0.717, 1.165) is 22.7 Å². The Hall–Kier alpha value is -2.25. The Balaban J connectivity index is 2.42. The summed E-state index contributed by atoms with van der Waals surface area (Å²) < 4.78 is 32.7. The maximum absolute atomic E-state index is 13.2. The Morgan fingerprint density at radius 2 is 1.86 bits per heavy atom. The maximum atomic E-state index is 13.2. The molecule has 0 bridgehead atoms. The standard InChI is InChI=1S/C20H25ClN2O4S/c1-4-5-12-22-20(24)14-23(16-8-11-19(27-3)18(21)13-16)28(25,26)17-9-6-15(2)7-10-17/h6-11,13H,4-5,12,14H2,1-3H3,(H,22,24). The normalized spacial score (nSPS) is 11.1. The van der Waals surface area contributed by atoms with Crippen LogP contribution in [-0.2, 0) is 14.8 Å². The Morgan fingerprint density at radius 1 is 1.18 bits per heavy atom. The van der Waals surface area contributed by atoms with Gasteiger partial charge in [-0.2, -0.15) is 0 Å². The van der Waals surface area contributed by atoms with Gasteiger partial charge < -0.3 is 10.1 Å². The number of hydrogen-bond acceptors (Lipinski definition) is 4. The van der Waals surface area contributed by atoms with Gasteiger partial charge in [-0.3, -0.25) is 9.10 Å². The molecule has 0 spiro atoms. The lowest BCUT2D eigenvalue weighted by atomic mass is 10.2. The first-order valence-corrected chi connectivity index (χ1v) is 10.8. The number of sulfonamides is 1.